The van der Waals surface area contributed by atoms with Gasteiger partial charge in [0.2, 0.25) is 0 Å². The number of piperazine rings is 1. The van der Waals surface area contributed by atoms with Gasteiger partial charge in [0, 0.05) is 24.0 Å². The fourth-order valence-corrected chi connectivity index (χ4v) is 5.23. The molecule has 0 radical (unpaired) electrons. The highest BCUT2D eigenvalue weighted by Crippen LogP contribution is 2.43. The number of methoxy groups -OCH3 is 2. The van der Waals surface area contributed by atoms with Crippen molar-refractivity contribution in [2.24, 2.45) is 11.8 Å². The highest BCUT2D eigenvalue weighted by atomic mass is 16.5. The first kappa shape index (κ1) is 16.7. The Morgan fingerprint density at radius 2 is 1.72 bits per heavy atom. The van der Waals surface area contributed by atoms with E-state index in [1.807, 2.05) is 4.90 Å². The summed E-state index contributed by atoms with van der Waals surface area (Å²) in [6, 6.07) is 6.27. The Hall–Kier alpha value is -1.75. The van der Waals surface area contributed by atoms with Crippen LogP contribution in [0.4, 0.5) is 0 Å². The topological polar surface area (TPSA) is 43.2 Å². The van der Waals surface area contributed by atoms with Gasteiger partial charge in [-0.1, -0.05) is 0 Å². The molecule has 1 amide bonds. The molecule has 1 saturated heterocycles. The Balaban J connectivity index is 1.39. The number of amides is 1. The molecule has 2 bridgehead atoms. The van der Waals surface area contributed by atoms with Gasteiger partial charge in [0.1, 0.15) is 11.5 Å². The second-order valence-corrected chi connectivity index (χ2v) is 7.83. The molecule has 4 rings (SSSR count). The molecular weight excluding hydrogens is 316 g/mol. The summed E-state index contributed by atoms with van der Waals surface area (Å²) in [5, 5.41) is 0. The zero-order chi connectivity index (χ0) is 17.4. The van der Waals surface area contributed by atoms with E-state index >= 15 is 0 Å². The Bertz CT molecular complexity index is 618. The molecule has 0 spiro atoms. The maximum atomic E-state index is 12.9. The molecule has 3 atom stereocenters. The lowest BCUT2D eigenvalue weighted by Crippen LogP contribution is -3.18. The van der Waals surface area contributed by atoms with E-state index in [0.717, 1.165) is 44.1 Å². The zero-order valence-corrected chi connectivity index (χ0v) is 15.3. The smallest absolute Gasteiger partial charge is 0.254 e. The predicted octanol–water partition coefficient (Wildman–Crippen LogP) is 1.23. The van der Waals surface area contributed by atoms with E-state index < -0.39 is 0 Å². The molecule has 1 aliphatic heterocycles. The summed E-state index contributed by atoms with van der Waals surface area (Å²) < 4.78 is 10.6. The van der Waals surface area contributed by atoms with Gasteiger partial charge in [0.15, 0.2) is 0 Å². The molecule has 1 heterocycles. The summed E-state index contributed by atoms with van der Waals surface area (Å²) in [4.78, 5) is 16.6. The number of carbonyl (C=O) groups excluding carboxylic acids is 1. The molecule has 1 aromatic carbocycles. The molecule has 1 aromatic rings. The van der Waals surface area contributed by atoms with Crippen molar-refractivity contribution in [1.29, 1.82) is 0 Å². The fourth-order valence-electron chi connectivity index (χ4n) is 5.23. The average molecular weight is 345 g/mol. The van der Waals surface area contributed by atoms with Crippen molar-refractivity contribution in [3.63, 3.8) is 0 Å². The maximum Gasteiger partial charge on any atom is 0.254 e. The summed E-state index contributed by atoms with van der Waals surface area (Å²) in [5.74, 6) is 3.35. The highest BCUT2D eigenvalue weighted by Gasteiger charge is 2.45. The molecular formula is C20H29N2O3+. The third-order valence-corrected chi connectivity index (χ3v) is 6.55. The van der Waals surface area contributed by atoms with Gasteiger partial charge in [-0.2, -0.15) is 0 Å². The summed E-state index contributed by atoms with van der Waals surface area (Å²) >= 11 is 0. The minimum Gasteiger partial charge on any atom is -0.497 e. The third kappa shape index (κ3) is 3.22. The largest absolute Gasteiger partial charge is 0.497 e. The SMILES string of the molecule is COc1cc(OC)cc(C(=O)N2CC[NH+]([C@@H]3C[C@H]4CC[C@@H]3C4)CC2)c1. The second kappa shape index (κ2) is 6.87. The second-order valence-electron chi connectivity index (χ2n) is 7.83. The van der Waals surface area contributed by atoms with E-state index in [1.54, 1.807) is 37.3 Å². The van der Waals surface area contributed by atoms with Crippen LogP contribution in [0.15, 0.2) is 18.2 Å². The molecule has 25 heavy (non-hydrogen) atoms. The molecule has 136 valence electrons. The Labute approximate surface area is 149 Å². The van der Waals surface area contributed by atoms with Gasteiger partial charge in [0.25, 0.3) is 5.91 Å². The van der Waals surface area contributed by atoms with Gasteiger partial charge < -0.3 is 19.3 Å². The van der Waals surface area contributed by atoms with Crippen LogP contribution >= 0.6 is 0 Å². The number of ether oxygens (including phenoxy) is 2. The number of carbonyl (C=O) groups is 1. The van der Waals surface area contributed by atoms with Crippen LogP contribution in [0.25, 0.3) is 0 Å². The van der Waals surface area contributed by atoms with Crippen molar-refractivity contribution in [3.05, 3.63) is 23.8 Å². The Morgan fingerprint density at radius 1 is 1.04 bits per heavy atom. The maximum absolute atomic E-state index is 12.9. The van der Waals surface area contributed by atoms with E-state index in [2.05, 4.69) is 0 Å². The molecule has 0 unspecified atom stereocenters. The molecule has 5 heteroatoms. The number of nitrogens with zero attached hydrogens (tertiary/aromatic N) is 1. The first-order valence-electron chi connectivity index (χ1n) is 9.55. The molecule has 3 fully saturated rings. The van der Waals surface area contributed by atoms with Gasteiger partial charge in [-0.15, -0.1) is 0 Å². The van der Waals surface area contributed by atoms with E-state index in [0.29, 0.717) is 17.1 Å². The van der Waals surface area contributed by atoms with Crippen molar-refractivity contribution in [2.45, 2.75) is 31.7 Å². The highest BCUT2D eigenvalue weighted by molar-refractivity contribution is 5.95. The van der Waals surface area contributed by atoms with Crippen molar-refractivity contribution < 1.29 is 19.2 Å². The number of rotatable bonds is 4. The molecule has 2 saturated carbocycles. The number of hydrogen-bond donors (Lipinski definition) is 1. The van der Waals surface area contributed by atoms with Crippen molar-refractivity contribution in [3.8, 4) is 11.5 Å². The summed E-state index contributed by atoms with van der Waals surface area (Å²) in [6.45, 7) is 3.87. The van der Waals surface area contributed by atoms with Crippen LogP contribution in [-0.2, 0) is 0 Å². The van der Waals surface area contributed by atoms with E-state index in [1.165, 1.54) is 25.7 Å². The summed E-state index contributed by atoms with van der Waals surface area (Å²) in [5.41, 5.74) is 0.652. The molecule has 2 aliphatic carbocycles. The van der Waals surface area contributed by atoms with Gasteiger partial charge in [0.05, 0.1) is 46.4 Å². The first-order chi connectivity index (χ1) is 12.2. The lowest BCUT2D eigenvalue weighted by atomic mass is 9.93. The molecule has 3 aliphatic rings. The fraction of sp³-hybridized carbons (Fsp3) is 0.650. The Morgan fingerprint density at radius 3 is 2.24 bits per heavy atom. The molecule has 0 aromatic heterocycles. The standard InChI is InChI=1S/C20H28N2O3/c1-24-17-11-16(12-18(13-17)25-2)20(23)22-7-5-21(6-8-22)19-10-14-3-4-15(19)9-14/h11-15,19H,3-10H2,1-2H3/p+1/t14-,15+,19+/m0/s1. The van der Waals surface area contributed by atoms with Gasteiger partial charge in [-0.25, -0.2) is 0 Å². The number of nitrogens with one attached hydrogen (secondary N) is 1. The summed E-state index contributed by atoms with van der Waals surface area (Å²) in [6.07, 6.45) is 5.77. The quantitative estimate of drug-likeness (QED) is 0.893. The average Bonchev–Trinajstić information content (AvgIpc) is 3.30. The molecule has 1 N–H and O–H groups in total. The Kier molecular flexibility index (Phi) is 4.59. The van der Waals surface area contributed by atoms with E-state index in [-0.39, 0.29) is 5.91 Å². The number of hydrogen-bond acceptors (Lipinski definition) is 3. The predicted molar refractivity (Wildman–Crippen MR) is 95.4 cm³/mol. The van der Waals surface area contributed by atoms with Crippen LogP contribution < -0.4 is 14.4 Å². The van der Waals surface area contributed by atoms with E-state index in [4.69, 9.17) is 9.47 Å². The lowest BCUT2D eigenvalue weighted by molar-refractivity contribution is -0.932. The minimum absolute atomic E-state index is 0.0872. The van der Waals surface area contributed by atoms with Gasteiger partial charge >= 0.3 is 0 Å². The number of fused-ring (bicyclic) bond motifs is 2. The van der Waals surface area contributed by atoms with Crippen molar-refractivity contribution >= 4 is 5.91 Å². The first-order valence-corrected chi connectivity index (χ1v) is 9.55. The number of quaternary nitrogens is 1. The van der Waals surface area contributed by atoms with Crippen LogP contribution in [-0.4, -0.2) is 57.2 Å². The zero-order valence-electron chi connectivity index (χ0n) is 15.3. The monoisotopic (exact) mass is 345 g/mol. The van der Waals surface area contributed by atoms with Crippen molar-refractivity contribution in [2.75, 3.05) is 40.4 Å². The minimum atomic E-state index is 0.0872. The van der Waals surface area contributed by atoms with Crippen LogP contribution in [0.1, 0.15) is 36.0 Å². The lowest BCUT2D eigenvalue weighted by Gasteiger charge is -2.38. The van der Waals surface area contributed by atoms with Crippen LogP contribution in [0.2, 0.25) is 0 Å². The van der Waals surface area contributed by atoms with Crippen LogP contribution in [0.3, 0.4) is 0 Å². The normalized spacial score (nSPS) is 29.0. The number of benzene rings is 1. The van der Waals surface area contributed by atoms with Gasteiger partial charge in [-0.3, -0.25) is 4.79 Å². The van der Waals surface area contributed by atoms with Crippen LogP contribution in [0.5, 0.6) is 11.5 Å². The molecule has 5 nitrogen and oxygen atoms in total. The summed E-state index contributed by atoms with van der Waals surface area (Å²) in [7, 11) is 3.22. The van der Waals surface area contributed by atoms with Crippen LogP contribution in [0, 0.1) is 11.8 Å². The van der Waals surface area contributed by atoms with Crippen molar-refractivity contribution in [1.82, 2.24) is 4.90 Å². The van der Waals surface area contributed by atoms with Gasteiger partial charge in [-0.05, 0) is 37.3 Å². The third-order valence-electron chi connectivity index (χ3n) is 6.55. The van der Waals surface area contributed by atoms with E-state index in [9.17, 15) is 4.79 Å².